The number of hydrogen-bond acceptors (Lipinski definition) is 6. The molecule has 0 aliphatic heterocycles. The zero-order valence-corrected chi connectivity index (χ0v) is 29.5. The van der Waals surface area contributed by atoms with Gasteiger partial charge in [-0.1, -0.05) is 127 Å². The maximum Gasteiger partial charge on any atom is 0.166 e. The van der Waals surface area contributed by atoms with Crippen LogP contribution in [0.2, 0.25) is 0 Å². The maximum absolute atomic E-state index is 11.1. The highest BCUT2D eigenvalue weighted by molar-refractivity contribution is 6.13. The van der Waals surface area contributed by atoms with Gasteiger partial charge in [0, 0.05) is 40.8 Å². The predicted molar refractivity (Wildman–Crippen MR) is 218 cm³/mol. The van der Waals surface area contributed by atoms with Gasteiger partial charge in [0.2, 0.25) is 0 Å². The van der Waals surface area contributed by atoms with Crippen LogP contribution < -0.4 is 0 Å². The molecule has 54 heavy (non-hydrogen) atoms. The third kappa shape index (κ3) is 8.18. The van der Waals surface area contributed by atoms with Crippen molar-refractivity contribution in [2.24, 2.45) is 0 Å². The normalized spacial score (nSPS) is 10.4. The number of carbonyl (C=O) groups is 4. The number of para-hydroxylation sites is 2. The Hall–Kier alpha value is -7.09. The first-order valence-electron chi connectivity index (χ1n) is 17.2. The molecule has 0 aliphatic carbocycles. The number of aldehydes is 4. The molecule has 0 atom stereocenters. The molecule has 0 aliphatic rings. The zero-order valence-electron chi connectivity index (χ0n) is 29.5. The Morgan fingerprint density at radius 1 is 0.481 bits per heavy atom. The van der Waals surface area contributed by atoms with E-state index in [-0.39, 0.29) is 0 Å². The molecule has 0 fully saturated rings. The van der Waals surface area contributed by atoms with E-state index < -0.39 is 0 Å². The molecule has 0 saturated heterocycles. The van der Waals surface area contributed by atoms with Crippen LogP contribution in [0.15, 0.2) is 164 Å². The SMILES string of the molecule is COCn1c(C=O)cc2ccccc21.O=Cc1cc2ccccc2c2ccccc12.O=Cc1cccc2ccccc12.O=Cc1cccc2cccnc12. The minimum Gasteiger partial charge on any atom is -0.364 e. The topological polar surface area (TPSA) is 95.3 Å². The largest absolute Gasteiger partial charge is 0.364 e. The van der Waals surface area contributed by atoms with Gasteiger partial charge in [-0.3, -0.25) is 24.2 Å². The molecule has 7 nitrogen and oxygen atoms in total. The lowest BCUT2D eigenvalue weighted by molar-refractivity contribution is 0.107. The molecule has 0 N–H and O–H groups in total. The zero-order chi connectivity index (χ0) is 37.7. The monoisotopic (exact) mass is 708 g/mol. The molecule has 0 saturated carbocycles. The average Bonchev–Trinajstić information content (AvgIpc) is 3.61. The Labute approximate surface area is 312 Å². The van der Waals surface area contributed by atoms with Crippen LogP contribution in [-0.4, -0.2) is 41.8 Å². The highest BCUT2D eigenvalue weighted by Crippen LogP contribution is 2.27. The van der Waals surface area contributed by atoms with Gasteiger partial charge in [-0.2, -0.15) is 0 Å². The summed E-state index contributed by atoms with van der Waals surface area (Å²) in [6.07, 6.45) is 5.18. The molecule has 0 spiro atoms. The molecule has 2 heterocycles. The fourth-order valence-corrected chi connectivity index (χ4v) is 6.36. The first-order valence-corrected chi connectivity index (χ1v) is 17.2. The Morgan fingerprint density at radius 3 is 1.74 bits per heavy atom. The van der Waals surface area contributed by atoms with Gasteiger partial charge >= 0.3 is 0 Å². The van der Waals surface area contributed by atoms with Crippen molar-refractivity contribution in [3.8, 4) is 0 Å². The minimum atomic E-state index is 0.404. The van der Waals surface area contributed by atoms with E-state index in [1.807, 2.05) is 144 Å². The summed E-state index contributed by atoms with van der Waals surface area (Å²) >= 11 is 0. The van der Waals surface area contributed by atoms with Gasteiger partial charge in [0.15, 0.2) is 25.1 Å². The molecule has 0 amide bonds. The lowest BCUT2D eigenvalue weighted by atomic mass is 9.98. The smallest absolute Gasteiger partial charge is 0.166 e. The van der Waals surface area contributed by atoms with Crippen LogP contribution in [0.25, 0.3) is 54.1 Å². The van der Waals surface area contributed by atoms with Gasteiger partial charge in [0.25, 0.3) is 0 Å². The molecular formula is C47H36N2O5. The summed E-state index contributed by atoms with van der Waals surface area (Å²) in [7, 11) is 1.61. The molecule has 2 aromatic heterocycles. The Bertz CT molecular complexity index is 2640. The van der Waals surface area contributed by atoms with Crippen LogP contribution >= 0.6 is 0 Å². The number of carbonyl (C=O) groups excluding carboxylic acids is 4. The van der Waals surface area contributed by atoms with Crippen LogP contribution in [0.4, 0.5) is 0 Å². The lowest BCUT2D eigenvalue weighted by Crippen LogP contribution is -2.03. The highest BCUT2D eigenvalue weighted by Gasteiger charge is 2.07. The quantitative estimate of drug-likeness (QED) is 0.126. The number of pyridine rings is 1. The fraction of sp³-hybridized carbons (Fsp3) is 0.0426. The average molecular weight is 709 g/mol. The second-order valence-corrected chi connectivity index (χ2v) is 12.2. The van der Waals surface area contributed by atoms with E-state index in [1.54, 1.807) is 19.4 Å². The van der Waals surface area contributed by atoms with Gasteiger partial charge < -0.3 is 9.30 Å². The van der Waals surface area contributed by atoms with Crippen molar-refractivity contribution in [3.63, 3.8) is 0 Å². The number of rotatable bonds is 6. The Balaban J connectivity index is 0.000000124. The van der Waals surface area contributed by atoms with E-state index in [1.165, 1.54) is 5.39 Å². The van der Waals surface area contributed by atoms with E-state index in [9.17, 15) is 19.2 Å². The highest BCUT2D eigenvalue weighted by atomic mass is 16.5. The number of methoxy groups -OCH3 is 1. The van der Waals surface area contributed by atoms with Gasteiger partial charge in [0.1, 0.15) is 6.73 Å². The summed E-state index contributed by atoms with van der Waals surface area (Å²) in [5.74, 6) is 0. The molecule has 264 valence electrons. The van der Waals surface area contributed by atoms with Crippen LogP contribution in [0.5, 0.6) is 0 Å². The number of ether oxygens (including phenoxy) is 1. The molecule has 0 bridgehead atoms. The van der Waals surface area contributed by atoms with Gasteiger partial charge in [-0.15, -0.1) is 0 Å². The molecule has 9 aromatic rings. The third-order valence-electron chi connectivity index (χ3n) is 8.89. The molecule has 7 heteroatoms. The van der Waals surface area contributed by atoms with Gasteiger partial charge in [0.05, 0.1) is 16.7 Å². The first-order chi connectivity index (χ1) is 26.6. The molecule has 0 unspecified atom stereocenters. The van der Waals surface area contributed by atoms with E-state index in [2.05, 4.69) is 17.1 Å². The van der Waals surface area contributed by atoms with Crippen molar-refractivity contribution in [2.75, 3.05) is 7.11 Å². The molecule has 7 aromatic carbocycles. The van der Waals surface area contributed by atoms with Gasteiger partial charge in [-0.05, 0) is 62.6 Å². The van der Waals surface area contributed by atoms with Crippen LogP contribution in [-0.2, 0) is 11.5 Å². The molecule has 9 rings (SSSR count). The summed E-state index contributed by atoms with van der Waals surface area (Å²) in [6.45, 7) is 0.404. The van der Waals surface area contributed by atoms with Crippen molar-refractivity contribution >= 4 is 79.3 Å². The minimum absolute atomic E-state index is 0.404. The first kappa shape index (κ1) is 36.7. The summed E-state index contributed by atoms with van der Waals surface area (Å²) < 4.78 is 6.89. The standard InChI is InChI=1S/C15H10O.C11H11NO2.C11H8O.C10H7NO/c16-10-12-9-11-5-1-2-6-13(11)15-8-4-3-7-14(12)15;1-14-8-12-10(7-13)6-9-4-2-3-5-11(9)12;12-8-10-6-3-5-9-4-1-2-7-11(9)10;12-7-9-4-1-3-8-5-2-6-11-10(8)9/h1-10H;2-7H,8H2,1H3;1-8H;1-7H. The van der Waals surface area contributed by atoms with Crippen molar-refractivity contribution in [1.29, 1.82) is 0 Å². The van der Waals surface area contributed by atoms with Crippen molar-refractivity contribution in [2.45, 2.75) is 6.73 Å². The number of benzene rings is 7. The van der Waals surface area contributed by atoms with E-state index in [0.717, 1.165) is 85.0 Å². The van der Waals surface area contributed by atoms with Crippen LogP contribution in [0.3, 0.4) is 0 Å². The van der Waals surface area contributed by atoms with Crippen molar-refractivity contribution in [1.82, 2.24) is 9.55 Å². The third-order valence-corrected chi connectivity index (χ3v) is 8.89. The fourth-order valence-electron chi connectivity index (χ4n) is 6.36. The maximum atomic E-state index is 11.1. The molecular weight excluding hydrogens is 673 g/mol. The Kier molecular flexibility index (Phi) is 12.2. The van der Waals surface area contributed by atoms with Crippen molar-refractivity contribution < 1.29 is 23.9 Å². The molecule has 0 radical (unpaired) electrons. The van der Waals surface area contributed by atoms with E-state index >= 15 is 0 Å². The summed E-state index contributed by atoms with van der Waals surface area (Å²) in [5.41, 5.74) is 4.61. The number of aromatic nitrogens is 2. The second-order valence-electron chi connectivity index (χ2n) is 12.2. The summed E-state index contributed by atoms with van der Waals surface area (Å²) in [4.78, 5) is 47.2. The van der Waals surface area contributed by atoms with E-state index in [0.29, 0.717) is 18.0 Å². The second kappa shape index (κ2) is 17.9. The van der Waals surface area contributed by atoms with Crippen molar-refractivity contribution in [3.05, 3.63) is 186 Å². The number of nitrogens with zero attached hydrogens (tertiary/aromatic N) is 2. The lowest BCUT2D eigenvalue weighted by Gasteiger charge is -2.05. The van der Waals surface area contributed by atoms with Crippen LogP contribution in [0.1, 0.15) is 41.6 Å². The predicted octanol–water partition coefficient (Wildman–Crippen LogP) is 10.6. The van der Waals surface area contributed by atoms with Gasteiger partial charge in [-0.25, -0.2) is 0 Å². The summed E-state index contributed by atoms with van der Waals surface area (Å²) in [5, 5.41) is 8.68. The number of fused-ring (bicyclic) bond motifs is 6. The number of hydrogen-bond donors (Lipinski definition) is 0. The summed E-state index contributed by atoms with van der Waals surface area (Å²) in [6, 6.07) is 50.8. The van der Waals surface area contributed by atoms with E-state index in [4.69, 9.17) is 4.74 Å². The van der Waals surface area contributed by atoms with Crippen LogP contribution in [0, 0.1) is 0 Å². The Morgan fingerprint density at radius 2 is 1.04 bits per heavy atom.